The van der Waals surface area contributed by atoms with Gasteiger partial charge in [0.2, 0.25) is 5.91 Å². The molecule has 0 aromatic heterocycles. The van der Waals surface area contributed by atoms with Crippen LogP contribution in [0, 0.1) is 0 Å². The first kappa shape index (κ1) is 12.4. The molecule has 96 valence electrons. The number of nitrogens with one attached hydrogen (secondary N) is 1. The number of rotatable bonds is 4. The Labute approximate surface area is 101 Å². The van der Waals surface area contributed by atoms with E-state index >= 15 is 0 Å². The fraction of sp³-hybridized carbons (Fsp3) is 0.833. The Bertz CT molecular complexity index is 302. The molecule has 1 saturated heterocycles. The molecule has 1 amide bonds. The van der Waals surface area contributed by atoms with Gasteiger partial charge in [-0.3, -0.25) is 4.79 Å². The summed E-state index contributed by atoms with van der Waals surface area (Å²) in [4.78, 5) is 25.3. The normalized spacial score (nSPS) is 24.5. The molecule has 2 fully saturated rings. The van der Waals surface area contributed by atoms with E-state index in [1.54, 1.807) is 4.90 Å². The lowest BCUT2D eigenvalue weighted by molar-refractivity contribution is -0.154. The molecule has 5 nitrogen and oxygen atoms in total. The van der Waals surface area contributed by atoms with Crippen molar-refractivity contribution in [2.75, 3.05) is 20.2 Å². The van der Waals surface area contributed by atoms with Gasteiger partial charge in [-0.2, -0.15) is 0 Å². The number of piperidine rings is 1. The first-order valence-corrected chi connectivity index (χ1v) is 6.33. The number of ether oxygens (including phenoxy) is 1. The summed E-state index contributed by atoms with van der Waals surface area (Å²) in [6, 6.07) is 0.141. The van der Waals surface area contributed by atoms with Gasteiger partial charge in [-0.15, -0.1) is 0 Å². The highest BCUT2D eigenvalue weighted by atomic mass is 16.5. The van der Waals surface area contributed by atoms with Crippen LogP contribution in [0.15, 0.2) is 0 Å². The number of amides is 1. The van der Waals surface area contributed by atoms with E-state index < -0.39 is 0 Å². The van der Waals surface area contributed by atoms with Gasteiger partial charge in [-0.25, -0.2) is 4.79 Å². The molecule has 0 spiro atoms. The van der Waals surface area contributed by atoms with Crippen LogP contribution in [0.2, 0.25) is 0 Å². The van der Waals surface area contributed by atoms with Gasteiger partial charge in [0.15, 0.2) is 0 Å². The molecular formula is C12H20N2O3. The quantitative estimate of drug-likeness (QED) is 0.718. The van der Waals surface area contributed by atoms with Gasteiger partial charge in [0.1, 0.15) is 6.04 Å². The molecule has 1 saturated carbocycles. The fourth-order valence-electron chi connectivity index (χ4n) is 2.23. The molecule has 1 heterocycles. The van der Waals surface area contributed by atoms with Crippen LogP contribution in [-0.4, -0.2) is 49.1 Å². The molecule has 0 aromatic rings. The first-order chi connectivity index (χ1) is 8.22. The molecule has 0 bridgehead atoms. The summed E-state index contributed by atoms with van der Waals surface area (Å²) in [5, 5.41) is 3.19. The highest BCUT2D eigenvalue weighted by Gasteiger charge is 2.33. The van der Waals surface area contributed by atoms with E-state index in [2.05, 4.69) is 5.32 Å². The zero-order chi connectivity index (χ0) is 12.3. The topological polar surface area (TPSA) is 58.6 Å². The van der Waals surface area contributed by atoms with E-state index in [0.29, 0.717) is 19.1 Å². The van der Waals surface area contributed by atoms with Crippen LogP contribution in [0.25, 0.3) is 0 Å². The van der Waals surface area contributed by atoms with E-state index in [1.165, 1.54) is 7.11 Å². The summed E-state index contributed by atoms with van der Waals surface area (Å²) in [6.07, 6.45) is 5.01. The second kappa shape index (κ2) is 5.49. The molecule has 0 aromatic carbocycles. The number of hydrogen-bond donors (Lipinski definition) is 1. The summed E-state index contributed by atoms with van der Waals surface area (Å²) in [6.45, 7) is 1.02. The average molecular weight is 240 g/mol. The van der Waals surface area contributed by atoms with Crippen LogP contribution in [0.5, 0.6) is 0 Å². The van der Waals surface area contributed by atoms with Gasteiger partial charge < -0.3 is 15.0 Å². The molecule has 5 heteroatoms. The maximum atomic E-state index is 12.0. The minimum absolute atomic E-state index is 0.0204. The summed E-state index contributed by atoms with van der Waals surface area (Å²) >= 11 is 0. The van der Waals surface area contributed by atoms with Crippen molar-refractivity contribution in [1.82, 2.24) is 10.2 Å². The van der Waals surface area contributed by atoms with Crippen molar-refractivity contribution in [3.05, 3.63) is 0 Å². The van der Waals surface area contributed by atoms with Crippen molar-refractivity contribution in [2.45, 2.75) is 44.2 Å². The second-order valence-electron chi connectivity index (χ2n) is 4.78. The molecule has 1 atom stereocenters. The third kappa shape index (κ3) is 3.19. The third-order valence-electron chi connectivity index (χ3n) is 3.42. The molecule has 17 heavy (non-hydrogen) atoms. The van der Waals surface area contributed by atoms with Crippen LogP contribution >= 0.6 is 0 Å². The number of carbonyl (C=O) groups excluding carboxylic acids is 2. The second-order valence-corrected chi connectivity index (χ2v) is 4.78. The van der Waals surface area contributed by atoms with Crippen LogP contribution in [0.1, 0.15) is 32.1 Å². The third-order valence-corrected chi connectivity index (χ3v) is 3.42. The van der Waals surface area contributed by atoms with Crippen molar-refractivity contribution in [1.29, 1.82) is 0 Å². The van der Waals surface area contributed by atoms with Gasteiger partial charge in [0.05, 0.1) is 13.7 Å². The number of carbonyl (C=O) groups is 2. The first-order valence-electron chi connectivity index (χ1n) is 6.33. The summed E-state index contributed by atoms with van der Waals surface area (Å²) in [5.41, 5.74) is 0. The minimum Gasteiger partial charge on any atom is -0.467 e. The van der Waals surface area contributed by atoms with E-state index in [9.17, 15) is 9.59 Å². The lowest BCUT2D eigenvalue weighted by Gasteiger charge is -2.33. The number of hydrogen-bond acceptors (Lipinski definition) is 4. The maximum Gasteiger partial charge on any atom is 0.328 e. The zero-order valence-electron chi connectivity index (χ0n) is 10.3. The Morgan fingerprint density at radius 2 is 2.06 bits per heavy atom. The summed E-state index contributed by atoms with van der Waals surface area (Å²) in [7, 11) is 1.38. The van der Waals surface area contributed by atoms with Crippen molar-refractivity contribution >= 4 is 11.9 Å². The van der Waals surface area contributed by atoms with Crippen LogP contribution in [-0.2, 0) is 14.3 Å². The van der Waals surface area contributed by atoms with E-state index in [4.69, 9.17) is 4.74 Å². The molecule has 1 aliphatic carbocycles. The monoisotopic (exact) mass is 240 g/mol. The zero-order valence-corrected chi connectivity index (χ0v) is 10.3. The van der Waals surface area contributed by atoms with E-state index in [0.717, 1.165) is 32.1 Å². The predicted molar refractivity (Wildman–Crippen MR) is 62.4 cm³/mol. The Hall–Kier alpha value is -1.10. The van der Waals surface area contributed by atoms with Crippen LogP contribution in [0.3, 0.4) is 0 Å². The van der Waals surface area contributed by atoms with E-state index in [-0.39, 0.29) is 17.9 Å². The van der Waals surface area contributed by atoms with Crippen LogP contribution < -0.4 is 5.32 Å². The average Bonchev–Trinajstić information content (AvgIpc) is 3.19. The fourth-order valence-corrected chi connectivity index (χ4v) is 2.23. The Morgan fingerprint density at radius 3 is 2.71 bits per heavy atom. The maximum absolute atomic E-state index is 12.0. The molecule has 2 rings (SSSR count). The van der Waals surface area contributed by atoms with Gasteiger partial charge in [0.25, 0.3) is 0 Å². The van der Waals surface area contributed by atoms with Gasteiger partial charge in [-0.05, 0) is 32.1 Å². The molecule has 1 unspecified atom stereocenters. The predicted octanol–water partition coefficient (Wildman–Crippen LogP) is 0.293. The van der Waals surface area contributed by atoms with E-state index in [1.807, 2.05) is 0 Å². The lowest BCUT2D eigenvalue weighted by atomic mass is 10.0. The number of methoxy groups -OCH3 is 1. The molecule has 2 aliphatic rings. The molecule has 0 radical (unpaired) electrons. The minimum atomic E-state index is -0.373. The SMILES string of the molecule is COC(=O)C1CCCCN1C(=O)CNC1CC1. The van der Waals surface area contributed by atoms with Crippen molar-refractivity contribution in [2.24, 2.45) is 0 Å². The Kier molecular flexibility index (Phi) is 3.99. The number of esters is 1. The van der Waals surface area contributed by atoms with Gasteiger partial charge >= 0.3 is 5.97 Å². The Balaban J connectivity index is 1.89. The Morgan fingerprint density at radius 1 is 1.29 bits per heavy atom. The number of nitrogens with zero attached hydrogens (tertiary/aromatic N) is 1. The molecular weight excluding hydrogens is 220 g/mol. The summed E-state index contributed by atoms with van der Waals surface area (Å²) < 4.78 is 4.75. The van der Waals surface area contributed by atoms with Gasteiger partial charge in [-0.1, -0.05) is 0 Å². The van der Waals surface area contributed by atoms with Gasteiger partial charge in [0, 0.05) is 12.6 Å². The standard InChI is InChI=1S/C12H20N2O3/c1-17-12(16)10-4-2-3-7-14(10)11(15)8-13-9-5-6-9/h9-10,13H,2-8H2,1H3. The highest BCUT2D eigenvalue weighted by molar-refractivity contribution is 5.85. The van der Waals surface area contributed by atoms with Crippen molar-refractivity contribution in [3.8, 4) is 0 Å². The van der Waals surface area contributed by atoms with Crippen molar-refractivity contribution in [3.63, 3.8) is 0 Å². The highest BCUT2D eigenvalue weighted by Crippen LogP contribution is 2.20. The smallest absolute Gasteiger partial charge is 0.328 e. The molecule has 1 aliphatic heterocycles. The summed E-state index contributed by atoms with van der Waals surface area (Å²) in [5.74, 6) is -0.267. The lowest BCUT2D eigenvalue weighted by Crippen LogP contribution is -2.51. The van der Waals surface area contributed by atoms with Crippen molar-refractivity contribution < 1.29 is 14.3 Å². The van der Waals surface area contributed by atoms with Crippen LogP contribution in [0.4, 0.5) is 0 Å². The number of likely N-dealkylation sites (tertiary alicyclic amines) is 1. The largest absolute Gasteiger partial charge is 0.467 e. The molecule has 1 N–H and O–H groups in total.